The molecule has 1 rings (SSSR count). The summed E-state index contributed by atoms with van der Waals surface area (Å²) < 4.78 is 5.00. The van der Waals surface area contributed by atoms with Crippen molar-refractivity contribution in [3.05, 3.63) is 23.7 Å². The van der Waals surface area contributed by atoms with Crippen LogP contribution in [0.4, 0.5) is 0 Å². The summed E-state index contributed by atoms with van der Waals surface area (Å²) in [6.45, 7) is 1.26. The van der Waals surface area contributed by atoms with Crippen LogP contribution in [0.15, 0.2) is 16.5 Å². The van der Waals surface area contributed by atoms with Gasteiger partial charge in [-0.15, -0.1) is 0 Å². The van der Waals surface area contributed by atoms with Gasteiger partial charge in [0.2, 0.25) is 0 Å². The fourth-order valence-electron chi connectivity index (χ4n) is 0.876. The lowest BCUT2D eigenvalue weighted by atomic mass is 10.2. The Kier molecular flexibility index (Phi) is 2.86. The highest BCUT2D eigenvalue weighted by Crippen LogP contribution is 2.19. The highest BCUT2D eigenvalue weighted by atomic mass is 16.4. The first-order valence-corrected chi connectivity index (χ1v) is 3.70. The Morgan fingerprint density at radius 1 is 1.42 bits per heavy atom. The van der Waals surface area contributed by atoms with Gasteiger partial charge in [0.15, 0.2) is 0 Å². The van der Waals surface area contributed by atoms with E-state index in [0.29, 0.717) is 5.76 Å². The third kappa shape index (κ3) is 1.85. The molecule has 12 heavy (non-hydrogen) atoms. The summed E-state index contributed by atoms with van der Waals surface area (Å²) in [5.74, 6) is 0.652. The molecule has 0 spiro atoms. The summed E-state index contributed by atoms with van der Waals surface area (Å²) in [5.41, 5.74) is 0. The molecular weight excluding hydrogens is 160 g/mol. The van der Waals surface area contributed by atoms with Crippen molar-refractivity contribution < 1.29 is 19.7 Å². The summed E-state index contributed by atoms with van der Waals surface area (Å²) >= 11 is 0. The fraction of sp³-hybridized carbons (Fsp3) is 0.500. The van der Waals surface area contributed by atoms with Crippen LogP contribution in [0.2, 0.25) is 0 Å². The maximum absolute atomic E-state index is 9.28. The molecule has 0 bridgehead atoms. The van der Waals surface area contributed by atoms with Crippen LogP contribution in [-0.2, 0) is 6.61 Å². The molecule has 0 unspecified atom stereocenters. The maximum atomic E-state index is 9.28. The molecule has 68 valence electrons. The molecule has 3 N–H and O–H groups in total. The summed E-state index contributed by atoms with van der Waals surface area (Å²) in [5, 5.41) is 26.9. The van der Waals surface area contributed by atoms with Crippen molar-refractivity contribution in [2.24, 2.45) is 0 Å². The van der Waals surface area contributed by atoms with Crippen LogP contribution in [0.25, 0.3) is 0 Å². The average molecular weight is 172 g/mol. The van der Waals surface area contributed by atoms with Gasteiger partial charge < -0.3 is 19.7 Å². The highest BCUT2D eigenvalue weighted by molar-refractivity contribution is 5.09. The zero-order valence-corrected chi connectivity index (χ0v) is 6.77. The van der Waals surface area contributed by atoms with Crippen molar-refractivity contribution in [2.45, 2.75) is 25.7 Å². The number of hydrogen-bond donors (Lipinski definition) is 3. The number of rotatable bonds is 3. The van der Waals surface area contributed by atoms with Crippen molar-refractivity contribution in [1.82, 2.24) is 0 Å². The van der Waals surface area contributed by atoms with Crippen LogP contribution in [0.1, 0.15) is 24.5 Å². The second-order valence-corrected chi connectivity index (χ2v) is 2.65. The van der Waals surface area contributed by atoms with Crippen LogP contribution in [0.5, 0.6) is 0 Å². The van der Waals surface area contributed by atoms with Crippen molar-refractivity contribution in [1.29, 1.82) is 0 Å². The quantitative estimate of drug-likeness (QED) is 0.608. The number of aliphatic hydroxyl groups is 3. The Hall–Kier alpha value is -0.840. The SMILES string of the molecule is C[C@H](O)[C@H](O)c1ccc(CO)o1. The first kappa shape index (κ1) is 9.25. The number of hydrogen-bond acceptors (Lipinski definition) is 4. The van der Waals surface area contributed by atoms with Gasteiger partial charge in [0.25, 0.3) is 0 Å². The largest absolute Gasteiger partial charge is 0.461 e. The second-order valence-electron chi connectivity index (χ2n) is 2.65. The van der Waals surface area contributed by atoms with Gasteiger partial charge in [-0.1, -0.05) is 0 Å². The Morgan fingerprint density at radius 2 is 2.08 bits per heavy atom. The summed E-state index contributed by atoms with van der Waals surface area (Å²) in [6.07, 6.45) is -1.90. The molecule has 0 aliphatic rings. The first-order valence-electron chi connectivity index (χ1n) is 3.70. The first-order chi connectivity index (χ1) is 5.65. The topological polar surface area (TPSA) is 73.8 Å². The van der Waals surface area contributed by atoms with E-state index in [-0.39, 0.29) is 12.4 Å². The number of furan rings is 1. The van der Waals surface area contributed by atoms with Gasteiger partial charge >= 0.3 is 0 Å². The molecule has 4 heteroatoms. The maximum Gasteiger partial charge on any atom is 0.137 e. The zero-order chi connectivity index (χ0) is 9.14. The van der Waals surface area contributed by atoms with Gasteiger partial charge in [-0.3, -0.25) is 0 Å². The fourth-order valence-corrected chi connectivity index (χ4v) is 0.876. The molecule has 0 fully saturated rings. The second kappa shape index (κ2) is 3.71. The van der Waals surface area contributed by atoms with Crippen LogP contribution in [0, 0.1) is 0 Å². The minimum absolute atomic E-state index is 0.202. The van der Waals surface area contributed by atoms with E-state index in [4.69, 9.17) is 14.6 Å². The predicted octanol–water partition coefficient (Wildman–Crippen LogP) is 0.186. The molecule has 0 saturated heterocycles. The highest BCUT2D eigenvalue weighted by Gasteiger charge is 2.17. The Bertz CT molecular complexity index is 241. The van der Waals surface area contributed by atoms with Gasteiger partial charge in [-0.2, -0.15) is 0 Å². The monoisotopic (exact) mass is 172 g/mol. The molecule has 0 aliphatic carbocycles. The van der Waals surface area contributed by atoms with Crippen molar-refractivity contribution in [3.63, 3.8) is 0 Å². The van der Waals surface area contributed by atoms with Crippen molar-refractivity contribution in [3.8, 4) is 0 Å². The molecular formula is C8H12O4. The molecule has 1 aromatic rings. The van der Waals surface area contributed by atoms with E-state index in [1.165, 1.54) is 13.0 Å². The lowest BCUT2D eigenvalue weighted by Gasteiger charge is -2.09. The van der Waals surface area contributed by atoms with Gasteiger partial charge in [0.1, 0.15) is 24.2 Å². The Morgan fingerprint density at radius 3 is 2.50 bits per heavy atom. The van der Waals surface area contributed by atoms with Crippen molar-refractivity contribution >= 4 is 0 Å². The van der Waals surface area contributed by atoms with E-state index < -0.39 is 12.2 Å². The van der Waals surface area contributed by atoms with Gasteiger partial charge in [-0.05, 0) is 19.1 Å². The summed E-state index contributed by atoms with van der Waals surface area (Å²) in [4.78, 5) is 0. The van der Waals surface area contributed by atoms with Crippen LogP contribution in [-0.4, -0.2) is 21.4 Å². The van der Waals surface area contributed by atoms with Crippen LogP contribution in [0.3, 0.4) is 0 Å². The van der Waals surface area contributed by atoms with Gasteiger partial charge in [-0.25, -0.2) is 0 Å². The summed E-state index contributed by atoms with van der Waals surface area (Å²) in [6, 6.07) is 3.09. The number of aliphatic hydroxyl groups excluding tert-OH is 3. The minimum atomic E-state index is -1.02. The van der Waals surface area contributed by atoms with E-state index >= 15 is 0 Å². The molecule has 0 aromatic carbocycles. The molecule has 0 saturated carbocycles. The van der Waals surface area contributed by atoms with E-state index in [1.807, 2.05) is 0 Å². The third-order valence-corrected chi connectivity index (χ3v) is 1.59. The molecule has 0 amide bonds. The van der Waals surface area contributed by atoms with E-state index in [1.54, 1.807) is 6.07 Å². The smallest absolute Gasteiger partial charge is 0.137 e. The molecule has 2 atom stereocenters. The third-order valence-electron chi connectivity index (χ3n) is 1.59. The van der Waals surface area contributed by atoms with Crippen molar-refractivity contribution in [2.75, 3.05) is 0 Å². The molecule has 4 nitrogen and oxygen atoms in total. The molecule has 0 radical (unpaired) electrons. The standard InChI is InChI=1S/C8H12O4/c1-5(10)8(11)7-3-2-6(4-9)12-7/h2-3,5,8-11H,4H2,1H3/t5-,8-/m0/s1. The van der Waals surface area contributed by atoms with E-state index in [2.05, 4.69) is 0 Å². The Labute approximate surface area is 70.1 Å². The summed E-state index contributed by atoms with van der Waals surface area (Å²) in [7, 11) is 0. The van der Waals surface area contributed by atoms with Gasteiger partial charge in [0, 0.05) is 0 Å². The lowest BCUT2D eigenvalue weighted by Crippen LogP contribution is -2.12. The average Bonchev–Trinajstić information content (AvgIpc) is 2.50. The predicted molar refractivity (Wildman–Crippen MR) is 41.3 cm³/mol. The lowest BCUT2D eigenvalue weighted by molar-refractivity contribution is 0.0154. The molecule has 1 heterocycles. The normalized spacial score (nSPS) is 16.0. The molecule has 0 aliphatic heterocycles. The molecule has 1 aromatic heterocycles. The minimum Gasteiger partial charge on any atom is -0.461 e. The van der Waals surface area contributed by atoms with Crippen LogP contribution >= 0.6 is 0 Å². The van der Waals surface area contributed by atoms with E-state index in [0.717, 1.165) is 0 Å². The Balaban J connectivity index is 2.74. The zero-order valence-electron chi connectivity index (χ0n) is 6.77. The van der Waals surface area contributed by atoms with Gasteiger partial charge in [0.05, 0.1) is 6.10 Å². The van der Waals surface area contributed by atoms with Crippen LogP contribution < -0.4 is 0 Å². The van der Waals surface area contributed by atoms with E-state index in [9.17, 15) is 5.11 Å².